The maximum atomic E-state index is 13.5. The van der Waals surface area contributed by atoms with Gasteiger partial charge in [-0.05, 0) is 84.7 Å². The SMILES string of the molecule is O=C(Nc1ccc(Br)cc1)c1ccc(N2C(=O)[C@@H]3[C@@H]4C[C@H]([C@H]3C2=O)[C@H](c2ccccc2)C4)cc1. The molecule has 3 aromatic rings. The molecule has 5 atom stereocenters. The smallest absolute Gasteiger partial charge is 0.255 e. The van der Waals surface area contributed by atoms with Gasteiger partial charge in [-0.25, -0.2) is 0 Å². The molecule has 0 spiro atoms. The van der Waals surface area contributed by atoms with Crippen molar-refractivity contribution in [3.8, 4) is 0 Å². The first-order valence-corrected chi connectivity index (χ1v) is 12.4. The summed E-state index contributed by atoms with van der Waals surface area (Å²) in [6, 6.07) is 24.4. The van der Waals surface area contributed by atoms with Crippen LogP contribution in [0, 0.1) is 23.7 Å². The number of nitrogens with one attached hydrogen (secondary N) is 1. The highest BCUT2D eigenvalue weighted by atomic mass is 79.9. The third-order valence-electron chi connectivity index (χ3n) is 7.73. The summed E-state index contributed by atoms with van der Waals surface area (Å²) < 4.78 is 0.933. The molecule has 0 aromatic heterocycles. The van der Waals surface area contributed by atoms with Crippen molar-refractivity contribution in [2.75, 3.05) is 10.2 Å². The quantitative estimate of drug-likeness (QED) is 0.458. The molecule has 2 aliphatic carbocycles. The van der Waals surface area contributed by atoms with Gasteiger partial charge in [-0.15, -0.1) is 0 Å². The average Bonchev–Trinajstić information content (AvgIpc) is 3.52. The highest BCUT2D eigenvalue weighted by Crippen LogP contribution is 2.61. The summed E-state index contributed by atoms with van der Waals surface area (Å²) >= 11 is 3.38. The van der Waals surface area contributed by atoms with E-state index in [4.69, 9.17) is 0 Å². The Kier molecular flexibility index (Phi) is 5.14. The van der Waals surface area contributed by atoms with Crippen LogP contribution in [0.25, 0.3) is 0 Å². The molecule has 0 radical (unpaired) electrons. The molecule has 5 nitrogen and oxygen atoms in total. The van der Waals surface area contributed by atoms with Crippen LogP contribution in [0.5, 0.6) is 0 Å². The number of imide groups is 1. The predicted octanol–water partition coefficient (Wildman–Crippen LogP) is 5.63. The Balaban J connectivity index is 1.20. The van der Waals surface area contributed by atoms with Crippen molar-refractivity contribution in [3.05, 3.63) is 94.5 Å². The number of carbonyl (C=O) groups is 3. The van der Waals surface area contributed by atoms with Crippen molar-refractivity contribution in [1.82, 2.24) is 0 Å². The van der Waals surface area contributed by atoms with Crippen LogP contribution in [0.3, 0.4) is 0 Å². The number of carbonyl (C=O) groups excluding carboxylic acids is 3. The standard InChI is InChI=1S/C28H23BrN2O3/c29-19-8-10-20(11-9-19)30-26(32)17-6-12-21(13-7-17)31-27(33)24-18-14-22(16-4-2-1-3-5-16)23(15-18)25(24)28(31)34/h1-13,18,22-25H,14-15H2,(H,30,32)/t18-,22-,23-,24+,25+/m0/s1. The van der Waals surface area contributed by atoms with Gasteiger partial charge in [0, 0.05) is 15.7 Å². The maximum Gasteiger partial charge on any atom is 0.255 e. The molecule has 6 heteroatoms. The van der Waals surface area contributed by atoms with Crippen molar-refractivity contribution in [2.24, 2.45) is 23.7 Å². The second-order valence-corrected chi connectivity index (χ2v) is 10.4. The minimum Gasteiger partial charge on any atom is -0.322 e. The maximum absolute atomic E-state index is 13.5. The molecule has 3 fully saturated rings. The molecular formula is C28H23BrN2O3. The largest absolute Gasteiger partial charge is 0.322 e. The molecule has 1 N–H and O–H groups in total. The Hall–Kier alpha value is -3.25. The highest BCUT2D eigenvalue weighted by Gasteiger charge is 2.64. The van der Waals surface area contributed by atoms with Gasteiger partial charge in [0.15, 0.2) is 0 Å². The first kappa shape index (κ1) is 21.3. The Morgan fingerprint density at radius 2 is 1.50 bits per heavy atom. The molecule has 3 aromatic carbocycles. The molecule has 1 heterocycles. The lowest BCUT2D eigenvalue weighted by molar-refractivity contribution is -0.123. The zero-order valence-electron chi connectivity index (χ0n) is 18.4. The molecule has 0 unspecified atom stereocenters. The van der Waals surface area contributed by atoms with Gasteiger partial charge in [0.1, 0.15) is 0 Å². The Morgan fingerprint density at radius 3 is 2.21 bits per heavy atom. The predicted molar refractivity (Wildman–Crippen MR) is 133 cm³/mol. The second kappa shape index (κ2) is 8.20. The van der Waals surface area contributed by atoms with E-state index in [9.17, 15) is 14.4 Å². The van der Waals surface area contributed by atoms with Gasteiger partial charge in [0.25, 0.3) is 5.91 Å². The molecule has 6 rings (SSSR count). The molecule has 170 valence electrons. The summed E-state index contributed by atoms with van der Waals surface area (Å²) in [4.78, 5) is 40.8. The van der Waals surface area contributed by atoms with Gasteiger partial charge >= 0.3 is 0 Å². The lowest BCUT2D eigenvalue weighted by atomic mass is 9.73. The number of hydrogen-bond donors (Lipinski definition) is 1. The summed E-state index contributed by atoms with van der Waals surface area (Å²) in [5.74, 6) is -0.0410. The van der Waals surface area contributed by atoms with E-state index < -0.39 is 0 Å². The zero-order chi connectivity index (χ0) is 23.4. The van der Waals surface area contributed by atoms with Crippen molar-refractivity contribution < 1.29 is 14.4 Å². The third kappa shape index (κ3) is 3.40. The molecular weight excluding hydrogens is 492 g/mol. The van der Waals surface area contributed by atoms with E-state index in [1.807, 2.05) is 42.5 Å². The van der Waals surface area contributed by atoms with E-state index in [1.54, 1.807) is 24.3 Å². The molecule has 34 heavy (non-hydrogen) atoms. The van der Waals surface area contributed by atoms with Crippen molar-refractivity contribution in [1.29, 1.82) is 0 Å². The van der Waals surface area contributed by atoms with Gasteiger partial charge in [-0.2, -0.15) is 0 Å². The molecule has 2 saturated carbocycles. The Bertz CT molecular complexity index is 1270. The fourth-order valence-corrected chi connectivity index (χ4v) is 6.56. The fraction of sp³-hybridized carbons (Fsp3) is 0.250. The monoisotopic (exact) mass is 514 g/mol. The van der Waals surface area contributed by atoms with Crippen LogP contribution >= 0.6 is 15.9 Å². The number of hydrogen-bond acceptors (Lipinski definition) is 3. The summed E-state index contributed by atoms with van der Waals surface area (Å²) in [5.41, 5.74) is 2.97. The fourth-order valence-electron chi connectivity index (χ4n) is 6.30. The minimum atomic E-state index is -0.242. The Morgan fingerprint density at radius 1 is 0.824 bits per heavy atom. The number of anilines is 2. The van der Waals surface area contributed by atoms with Gasteiger partial charge in [0.2, 0.25) is 11.8 Å². The van der Waals surface area contributed by atoms with E-state index in [0.29, 0.717) is 22.9 Å². The highest BCUT2D eigenvalue weighted by molar-refractivity contribution is 9.10. The van der Waals surface area contributed by atoms with E-state index in [2.05, 4.69) is 33.4 Å². The summed E-state index contributed by atoms with van der Waals surface area (Å²) in [6.07, 6.45) is 1.92. The molecule has 2 bridgehead atoms. The number of benzene rings is 3. The van der Waals surface area contributed by atoms with Crippen LogP contribution in [0.2, 0.25) is 0 Å². The van der Waals surface area contributed by atoms with Gasteiger partial charge < -0.3 is 5.32 Å². The van der Waals surface area contributed by atoms with Crippen molar-refractivity contribution >= 4 is 45.0 Å². The third-order valence-corrected chi connectivity index (χ3v) is 8.26. The second-order valence-electron chi connectivity index (χ2n) is 9.48. The normalized spacial score (nSPS) is 27.2. The number of halogens is 1. The van der Waals surface area contributed by atoms with Crippen LogP contribution < -0.4 is 10.2 Å². The Labute approximate surface area is 206 Å². The molecule has 1 aliphatic heterocycles. The van der Waals surface area contributed by atoms with E-state index in [-0.39, 0.29) is 41.4 Å². The summed E-state index contributed by atoms with van der Waals surface area (Å²) in [7, 11) is 0. The zero-order valence-corrected chi connectivity index (χ0v) is 19.9. The van der Waals surface area contributed by atoms with Crippen LogP contribution in [-0.2, 0) is 9.59 Å². The first-order chi connectivity index (χ1) is 16.5. The molecule has 1 saturated heterocycles. The van der Waals surface area contributed by atoms with Gasteiger partial charge in [-0.1, -0.05) is 46.3 Å². The number of nitrogens with zero attached hydrogens (tertiary/aromatic N) is 1. The van der Waals surface area contributed by atoms with E-state index >= 15 is 0 Å². The lowest BCUT2D eigenvalue weighted by Gasteiger charge is -2.28. The molecule has 3 amide bonds. The van der Waals surface area contributed by atoms with E-state index in [0.717, 1.165) is 17.3 Å². The summed E-state index contributed by atoms with van der Waals surface area (Å²) in [5, 5.41) is 2.86. The molecule has 3 aliphatic rings. The van der Waals surface area contributed by atoms with Crippen LogP contribution in [0.1, 0.15) is 34.7 Å². The van der Waals surface area contributed by atoms with Crippen LogP contribution in [0.15, 0.2) is 83.3 Å². The van der Waals surface area contributed by atoms with Crippen molar-refractivity contribution in [2.45, 2.75) is 18.8 Å². The lowest BCUT2D eigenvalue weighted by Crippen LogP contribution is -2.33. The number of rotatable bonds is 4. The van der Waals surface area contributed by atoms with Crippen LogP contribution in [0.4, 0.5) is 11.4 Å². The van der Waals surface area contributed by atoms with Crippen LogP contribution in [-0.4, -0.2) is 17.7 Å². The topological polar surface area (TPSA) is 66.5 Å². The average molecular weight is 515 g/mol. The van der Waals surface area contributed by atoms with Gasteiger partial charge in [0.05, 0.1) is 17.5 Å². The first-order valence-electron chi connectivity index (χ1n) is 11.6. The van der Waals surface area contributed by atoms with Gasteiger partial charge in [-0.3, -0.25) is 19.3 Å². The summed E-state index contributed by atoms with van der Waals surface area (Å²) in [6.45, 7) is 0. The minimum absolute atomic E-state index is 0.0823. The number of amides is 3. The van der Waals surface area contributed by atoms with E-state index in [1.165, 1.54) is 10.5 Å². The van der Waals surface area contributed by atoms with Crippen molar-refractivity contribution in [3.63, 3.8) is 0 Å². The number of fused-ring (bicyclic) bond motifs is 5.